The van der Waals surface area contributed by atoms with Gasteiger partial charge in [-0.25, -0.2) is 9.59 Å². The van der Waals surface area contributed by atoms with E-state index in [-0.39, 0.29) is 6.04 Å². The van der Waals surface area contributed by atoms with Crippen LogP contribution >= 0.6 is 0 Å². The van der Waals surface area contributed by atoms with Crippen LogP contribution in [0, 0.1) is 0 Å². The van der Waals surface area contributed by atoms with E-state index in [1.54, 1.807) is 20.8 Å². The Kier molecular flexibility index (Phi) is 4.01. The van der Waals surface area contributed by atoms with Gasteiger partial charge in [0.1, 0.15) is 11.6 Å². The molecule has 0 aromatic heterocycles. The van der Waals surface area contributed by atoms with E-state index < -0.39 is 23.7 Å². The van der Waals surface area contributed by atoms with Gasteiger partial charge in [0.05, 0.1) is 0 Å². The Hall–Kier alpha value is -1.26. The number of rotatable bonds is 1. The van der Waals surface area contributed by atoms with Gasteiger partial charge in [0.25, 0.3) is 0 Å². The van der Waals surface area contributed by atoms with Gasteiger partial charge in [0.15, 0.2) is 0 Å². The predicted octanol–water partition coefficient (Wildman–Crippen LogP) is 2.25. The number of carbonyl (C=O) groups is 2. The van der Waals surface area contributed by atoms with Gasteiger partial charge in [0, 0.05) is 6.04 Å². The molecule has 0 aromatic rings. The summed E-state index contributed by atoms with van der Waals surface area (Å²) in [6.07, 6.45) is 1.15. The van der Waals surface area contributed by atoms with Crippen molar-refractivity contribution in [2.24, 2.45) is 0 Å². The van der Waals surface area contributed by atoms with Gasteiger partial charge in [-0.15, -0.1) is 0 Å². The van der Waals surface area contributed by atoms with E-state index in [0.717, 1.165) is 12.8 Å². The van der Waals surface area contributed by atoms with E-state index in [9.17, 15) is 9.59 Å². The highest BCUT2D eigenvalue weighted by Gasteiger charge is 2.38. The molecule has 0 aliphatic carbocycles. The monoisotopic (exact) mass is 243 g/mol. The van der Waals surface area contributed by atoms with Crippen LogP contribution in [0.4, 0.5) is 4.79 Å². The average molecular weight is 243 g/mol. The van der Waals surface area contributed by atoms with Gasteiger partial charge in [-0.05, 0) is 47.0 Å². The van der Waals surface area contributed by atoms with E-state index in [1.807, 2.05) is 6.92 Å². The number of likely N-dealkylation sites (tertiary alicyclic amines) is 1. The average Bonchev–Trinajstić information content (AvgIpc) is 2.13. The second-order valence-electron chi connectivity index (χ2n) is 5.52. The molecule has 1 saturated heterocycles. The van der Waals surface area contributed by atoms with Crippen LogP contribution in [0.25, 0.3) is 0 Å². The van der Waals surface area contributed by atoms with Gasteiger partial charge in [-0.2, -0.15) is 0 Å². The molecule has 0 aromatic carbocycles. The van der Waals surface area contributed by atoms with E-state index in [0.29, 0.717) is 6.42 Å². The number of carboxylic acid groups (broad SMARTS) is 1. The van der Waals surface area contributed by atoms with Crippen molar-refractivity contribution < 1.29 is 19.4 Å². The summed E-state index contributed by atoms with van der Waals surface area (Å²) in [5.41, 5.74) is -0.581. The summed E-state index contributed by atoms with van der Waals surface area (Å²) < 4.78 is 5.26. The number of hydrogen-bond acceptors (Lipinski definition) is 3. The molecule has 1 aliphatic heterocycles. The van der Waals surface area contributed by atoms with Crippen molar-refractivity contribution in [3.05, 3.63) is 0 Å². The number of carbonyl (C=O) groups excluding carboxylic acids is 1. The summed E-state index contributed by atoms with van der Waals surface area (Å²) in [7, 11) is 0. The summed E-state index contributed by atoms with van der Waals surface area (Å²) in [6, 6.07) is -0.783. The fourth-order valence-corrected chi connectivity index (χ4v) is 2.12. The van der Waals surface area contributed by atoms with Crippen LogP contribution in [0.2, 0.25) is 0 Å². The molecule has 0 radical (unpaired) electrons. The Balaban J connectivity index is 2.79. The number of amides is 1. The molecule has 0 spiro atoms. The second kappa shape index (κ2) is 4.94. The third-order valence-electron chi connectivity index (χ3n) is 2.81. The summed E-state index contributed by atoms with van der Waals surface area (Å²) in [6.45, 7) is 7.16. The molecule has 5 heteroatoms. The Morgan fingerprint density at radius 1 is 1.29 bits per heavy atom. The third-order valence-corrected chi connectivity index (χ3v) is 2.81. The number of esters is 1. The molecule has 1 heterocycles. The molecule has 1 N–H and O–H groups in total. The predicted molar refractivity (Wildman–Crippen MR) is 62.8 cm³/mol. The largest absolute Gasteiger partial charge is 0.465 e. The summed E-state index contributed by atoms with van der Waals surface area (Å²) in [4.78, 5) is 24.3. The highest BCUT2D eigenvalue weighted by atomic mass is 16.6. The highest BCUT2D eigenvalue weighted by molar-refractivity contribution is 5.81. The van der Waals surface area contributed by atoms with E-state index >= 15 is 0 Å². The van der Waals surface area contributed by atoms with Crippen molar-refractivity contribution in [1.29, 1.82) is 0 Å². The zero-order valence-corrected chi connectivity index (χ0v) is 10.9. The molecule has 1 aliphatic rings. The number of nitrogens with zero attached hydrogens (tertiary/aromatic N) is 1. The quantitative estimate of drug-likeness (QED) is 0.717. The van der Waals surface area contributed by atoms with E-state index in [4.69, 9.17) is 9.84 Å². The summed E-state index contributed by atoms with van der Waals surface area (Å²) >= 11 is 0. The van der Waals surface area contributed by atoms with Gasteiger partial charge < -0.3 is 9.84 Å². The van der Waals surface area contributed by atoms with Crippen LogP contribution in [0.1, 0.15) is 47.0 Å². The summed E-state index contributed by atoms with van der Waals surface area (Å²) in [5, 5.41) is 9.14. The van der Waals surface area contributed by atoms with Gasteiger partial charge in [-0.1, -0.05) is 0 Å². The van der Waals surface area contributed by atoms with Crippen molar-refractivity contribution in [2.75, 3.05) is 0 Å². The fourth-order valence-electron chi connectivity index (χ4n) is 2.12. The molecular formula is C12H21NO4. The molecule has 1 amide bonds. The molecule has 0 bridgehead atoms. The third kappa shape index (κ3) is 3.61. The van der Waals surface area contributed by atoms with E-state index in [1.165, 1.54) is 4.90 Å². The molecular weight excluding hydrogens is 222 g/mol. The first kappa shape index (κ1) is 13.8. The fraction of sp³-hybridized carbons (Fsp3) is 0.833. The van der Waals surface area contributed by atoms with Crippen LogP contribution in [-0.4, -0.2) is 39.8 Å². The Morgan fingerprint density at radius 3 is 2.35 bits per heavy atom. The molecule has 0 saturated carbocycles. The Labute approximate surface area is 102 Å². The van der Waals surface area contributed by atoms with Crippen LogP contribution in [-0.2, 0) is 9.53 Å². The first-order chi connectivity index (χ1) is 7.72. The van der Waals surface area contributed by atoms with Crippen LogP contribution < -0.4 is 0 Å². The van der Waals surface area contributed by atoms with Crippen molar-refractivity contribution in [3.63, 3.8) is 0 Å². The molecule has 1 fully saturated rings. The minimum Gasteiger partial charge on any atom is -0.465 e. The standard InChI is InChI=1S/C12H21NO4/c1-8-6-5-7-9(13(8)11(15)16)10(14)17-12(2,3)4/h8-9H,5-7H2,1-4H3,(H,15,16)/t8-,9-/m1/s1. The van der Waals surface area contributed by atoms with Gasteiger partial charge >= 0.3 is 12.1 Å². The maximum Gasteiger partial charge on any atom is 0.408 e. The smallest absolute Gasteiger partial charge is 0.408 e. The zero-order valence-electron chi connectivity index (χ0n) is 10.9. The first-order valence-corrected chi connectivity index (χ1v) is 5.96. The molecule has 0 unspecified atom stereocenters. The maximum absolute atomic E-state index is 11.9. The Morgan fingerprint density at radius 2 is 1.88 bits per heavy atom. The number of ether oxygens (including phenoxy) is 1. The first-order valence-electron chi connectivity index (χ1n) is 5.96. The van der Waals surface area contributed by atoms with Crippen molar-refractivity contribution >= 4 is 12.1 Å². The van der Waals surface area contributed by atoms with Crippen molar-refractivity contribution in [2.45, 2.75) is 64.6 Å². The lowest BCUT2D eigenvalue weighted by molar-refractivity contribution is -0.162. The van der Waals surface area contributed by atoms with Crippen LogP contribution in [0.3, 0.4) is 0 Å². The zero-order chi connectivity index (χ0) is 13.2. The molecule has 98 valence electrons. The topological polar surface area (TPSA) is 66.8 Å². The van der Waals surface area contributed by atoms with Gasteiger partial charge in [0.2, 0.25) is 0 Å². The number of piperidine rings is 1. The van der Waals surface area contributed by atoms with Crippen molar-refractivity contribution in [1.82, 2.24) is 4.90 Å². The SMILES string of the molecule is C[C@@H]1CCC[C@H](C(=O)OC(C)(C)C)N1C(=O)O. The highest BCUT2D eigenvalue weighted by Crippen LogP contribution is 2.25. The lowest BCUT2D eigenvalue weighted by Crippen LogP contribution is -2.53. The molecule has 5 nitrogen and oxygen atoms in total. The van der Waals surface area contributed by atoms with E-state index in [2.05, 4.69) is 0 Å². The Bertz CT molecular complexity index is 308. The lowest BCUT2D eigenvalue weighted by atomic mass is 9.97. The van der Waals surface area contributed by atoms with Gasteiger partial charge in [-0.3, -0.25) is 4.90 Å². The summed E-state index contributed by atoms with van der Waals surface area (Å²) in [5.74, 6) is -0.438. The van der Waals surface area contributed by atoms with Crippen LogP contribution in [0.5, 0.6) is 0 Å². The maximum atomic E-state index is 11.9. The minimum absolute atomic E-state index is 0.126. The molecule has 17 heavy (non-hydrogen) atoms. The second-order valence-corrected chi connectivity index (χ2v) is 5.52. The molecule has 2 atom stereocenters. The molecule has 1 rings (SSSR count). The number of hydrogen-bond donors (Lipinski definition) is 1. The minimum atomic E-state index is -1.05. The van der Waals surface area contributed by atoms with Crippen LogP contribution in [0.15, 0.2) is 0 Å². The van der Waals surface area contributed by atoms with Crippen molar-refractivity contribution in [3.8, 4) is 0 Å². The normalized spacial score (nSPS) is 25.5. The lowest BCUT2D eigenvalue weighted by Gasteiger charge is -2.38.